The summed E-state index contributed by atoms with van der Waals surface area (Å²) < 4.78 is 5.25. The Morgan fingerprint density at radius 3 is 2.68 bits per heavy atom. The summed E-state index contributed by atoms with van der Waals surface area (Å²) in [6.45, 7) is 0.682. The highest BCUT2D eigenvalue weighted by Gasteiger charge is 2.08. The summed E-state index contributed by atoms with van der Waals surface area (Å²) in [5, 5.41) is 6.52. The number of halogens is 2. The molecule has 0 atom stereocenters. The average Bonchev–Trinajstić information content (AvgIpc) is 2.52. The first-order chi connectivity index (χ1) is 10.6. The average molecular weight is 339 g/mol. The molecule has 0 unspecified atom stereocenters. The van der Waals surface area contributed by atoms with Crippen molar-refractivity contribution in [1.82, 2.24) is 5.32 Å². The molecule has 2 rings (SSSR count). The van der Waals surface area contributed by atoms with Crippen molar-refractivity contribution in [3.63, 3.8) is 0 Å². The van der Waals surface area contributed by atoms with Gasteiger partial charge in [-0.3, -0.25) is 4.79 Å². The van der Waals surface area contributed by atoms with Crippen LogP contribution in [0, 0.1) is 0 Å². The Morgan fingerprint density at radius 1 is 1.14 bits per heavy atom. The molecule has 2 aromatic carbocycles. The molecule has 0 bridgehead atoms. The molecule has 0 spiro atoms. The van der Waals surface area contributed by atoms with Crippen LogP contribution in [0.4, 0.5) is 5.69 Å². The monoisotopic (exact) mass is 338 g/mol. The molecule has 0 aromatic heterocycles. The zero-order valence-corrected chi connectivity index (χ0v) is 13.5. The first-order valence-electron chi connectivity index (χ1n) is 6.68. The Kier molecular flexibility index (Phi) is 6.07. The van der Waals surface area contributed by atoms with Crippen molar-refractivity contribution in [3.8, 4) is 5.75 Å². The largest absolute Gasteiger partial charge is 0.496 e. The Balaban J connectivity index is 1.87. The van der Waals surface area contributed by atoms with Crippen LogP contribution in [-0.2, 0) is 11.3 Å². The van der Waals surface area contributed by atoms with E-state index in [1.807, 2.05) is 24.3 Å². The SMILES string of the molecule is COc1ccccc1CNCC(=O)Nc1cccc(Cl)c1Cl. The predicted octanol–water partition coefficient (Wildman–Crippen LogP) is 3.73. The summed E-state index contributed by atoms with van der Waals surface area (Å²) in [5.74, 6) is 0.590. The standard InChI is InChI=1S/C16H16Cl2N2O2/c1-22-14-8-3-2-5-11(14)9-19-10-15(21)20-13-7-4-6-12(17)16(13)18/h2-8,19H,9-10H2,1H3,(H,20,21). The van der Waals surface area contributed by atoms with Crippen LogP contribution >= 0.6 is 23.2 Å². The second kappa shape index (κ2) is 8.03. The third-order valence-electron chi connectivity index (χ3n) is 3.02. The Bertz CT molecular complexity index is 662. The number of nitrogens with one attached hydrogen (secondary N) is 2. The number of ether oxygens (including phenoxy) is 1. The summed E-state index contributed by atoms with van der Waals surface area (Å²) in [6, 6.07) is 12.7. The minimum Gasteiger partial charge on any atom is -0.496 e. The van der Waals surface area contributed by atoms with Crippen molar-refractivity contribution in [3.05, 3.63) is 58.1 Å². The topological polar surface area (TPSA) is 50.4 Å². The smallest absolute Gasteiger partial charge is 0.238 e. The van der Waals surface area contributed by atoms with Crippen molar-refractivity contribution < 1.29 is 9.53 Å². The van der Waals surface area contributed by atoms with E-state index in [4.69, 9.17) is 27.9 Å². The van der Waals surface area contributed by atoms with Gasteiger partial charge >= 0.3 is 0 Å². The van der Waals surface area contributed by atoms with Crippen LogP contribution in [0.1, 0.15) is 5.56 Å². The minimum atomic E-state index is -0.195. The highest BCUT2D eigenvalue weighted by atomic mass is 35.5. The van der Waals surface area contributed by atoms with Crippen LogP contribution in [-0.4, -0.2) is 19.6 Å². The van der Waals surface area contributed by atoms with E-state index in [-0.39, 0.29) is 12.5 Å². The maximum atomic E-state index is 11.9. The number of anilines is 1. The van der Waals surface area contributed by atoms with Crippen LogP contribution in [0.15, 0.2) is 42.5 Å². The molecule has 116 valence electrons. The second-order valence-electron chi connectivity index (χ2n) is 4.56. The molecule has 22 heavy (non-hydrogen) atoms. The number of hydrogen-bond donors (Lipinski definition) is 2. The van der Waals surface area contributed by atoms with Gasteiger partial charge in [-0.25, -0.2) is 0 Å². The van der Waals surface area contributed by atoms with Gasteiger partial charge in [-0.15, -0.1) is 0 Å². The lowest BCUT2D eigenvalue weighted by Gasteiger charge is -2.10. The van der Waals surface area contributed by atoms with Gasteiger partial charge in [0, 0.05) is 12.1 Å². The molecule has 0 heterocycles. The molecule has 0 aliphatic carbocycles. The van der Waals surface area contributed by atoms with Crippen LogP contribution in [0.2, 0.25) is 10.0 Å². The summed E-state index contributed by atoms with van der Waals surface area (Å²) >= 11 is 11.9. The number of carbonyl (C=O) groups is 1. The molecule has 4 nitrogen and oxygen atoms in total. The van der Waals surface area contributed by atoms with E-state index < -0.39 is 0 Å². The molecular weight excluding hydrogens is 323 g/mol. The lowest BCUT2D eigenvalue weighted by atomic mass is 10.2. The van der Waals surface area contributed by atoms with Crippen molar-refractivity contribution in [2.45, 2.75) is 6.54 Å². The zero-order chi connectivity index (χ0) is 15.9. The normalized spacial score (nSPS) is 10.3. The van der Waals surface area contributed by atoms with Crippen LogP contribution < -0.4 is 15.4 Å². The van der Waals surface area contributed by atoms with E-state index in [0.29, 0.717) is 22.3 Å². The first kappa shape index (κ1) is 16.6. The fourth-order valence-electron chi connectivity index (χ4n) is 1.95. The van der Waals surface area contributed by atoms with E-state index >= 15 is 0 Å². The fourth-order valence-corrected chi connectivity index (χ4v) is 2.30. The second-order valence-corrected chi connectivity index (χ2v) is 5.35. The molecule has 2 N–H and O–H groups in total. The number of hydrogen-bond acceptors (Lipinski definition) is 3. The third kappa shape index (κ3) is 4.37. The maximum absolute atomic E-state index is 11.9. The molecule has 0 aliphatic rings. The van der Waals surface area contributed by atoms with Crippen LogP contribution in [0.5, 0.6) is 5.75 Å². The summed E-state index contributed by atoms with van der Waals surface area (Å²) in [6.07, 6.45) is 0. The molecule has 1 amide bonds. The highest BCUT2D eigenvalue weighted by Crippen LogP contribution is 2.29. The first-order valence-corrected chi connectivity index (χ1v) is 7.44. The van der Waals surface area contributed by atoms with Crippen molar-refractivity contribution >= 4 is 34.8 Å². The Morgan fingerprint density at radius 2 is 1.91 bits per heavy atom. The molecule has 0 aliphatic heterocycles. The fraction of sp³-hybridized carbons (Fsp3) is 0.188. The van der Waals surface area contributed by atoms with Gasteiger partial charge in [0.25, 0.3) is 0 Å². The lowest BCUT2D eigenvalue weighted by Crippen LogP contribution is -2.28. The third-order valence-corrected chi connectivity index (χ3v) is 3.84. The van der Waals surface area contributed by atoms with E-state index in [2.05, 4.69) is 10.6 Å². The Labute approximate surface area is 139 Å². The number of amides is 1. The van der Waals surface area contributed by atoms with Crippen LogP contribution in [0.3, 0.4) is 0 Å². The summed E-state index contributed by atoms with van der Waals surface area (Å²) in [7, 11) is 1.62. The van der Waals surface area contributed by atoms with E-state index in [1.165, 1.54) is 0 Å². The number of para-hydroxylation sites is 1. The van der Waals surface area contributed by atoms with Gasteiger partial charge in [0.15, 0.2) is 0 Å². The molecule has 6 heteroatoms. The number of methoxy groups -OCH3 is 1. The quantitative estimate of drug-likeness (QED) is 0.843. The highest BCUT2D eigenvalue weighted by molar-refractivity contribution is 6.43. The summed E-state index contributed by atoms with van der Waals surface area (Å²) in [5.41, 5.74) is 1.48. The van der Waals surface area contributed by atoms with Gasteiger partial charge in [0.05, 0.1) is 29.4 Å². The van der Waals surface area contributed by atoms with E-state index in [1.54, 1.807) is 25.3 Å². The van der Waals surface area contributed by atoms with E-state index in [0.717, 1.165) is 11.3 Å². The van der Waals surface area contributed by atoms with Crippen molar-refractivity contribution in [1.29, 1.82) is 0 Å². The maximum Gasteiger partial charge on any atom is 0.238 e. The number of rotatable bonds is 6. The zero-order valence-electron chi connectivity index (χ0n) is 12.0. The van der Waals surface area contributed by atoms with Crippen LogP contribution in [0.25, 0.3) is 0 Å². The lowest BCUT2D eigenvalue weighted by molar-refractivity contribution is -0.115. The Hall–Kier alpha value is -1.75. The van der Waals surface area contributed by atoms with Gasteiger partial charge in [-0.05, 0) is 18.2 Å². The molecular formula is C16H16Cl2N2O2. The van der Waals surface area contributed by atoms with Crippen molar-refractivity contribution in [2.75, 3.05) is 19.0 Å². The number of benzene rings is 2. The molecule has 0 radical (unpaired) electrons. The molecule has 0 saturated carbocycles. The van der Waals surface area contributed by atoms with Gasteiger partial charge in [0.2, 0.25) is 5.91 Å². The molecule has 0 fully saturated rings. The van der Waals surface area contributed by atoms with Gasteiger partial charge < -0.3 is 15.4 Å². The van der Waals surface area contributed by atoms with Gasteiger partial charge in [0.1, 0.15) is 5.75 Å². The van der Waals surface area contributed by atoms with Gasteiger partial charge in [-0.1, -0.05) is 47.5 Å². The summed E-state index contributed by atoms with van der Waals surface area (Å²) in [4.78, 5) is 11.9. The molecule has 0 saturated heterocycles. The van der Waals surface area contributed by atoms with Gasteiger partial charge in [-0.2, -0.15) is 0 Å². The van der Waals surface area contributed by atoms with E-state index in [9.17, 15) is 4.79 Å². The van der Waals surface area contributed by atoms with Crippen molar-refractivity contribution in [2.24, 2.45) is 0 Å². The number of carbonyl (C=O) groups excluding carboxylic acids is 1. The predicted molar refractivity (Wildman–Crippen MR) is 89.8 cm³/mol. The molecule has 2 aromatic rings. The minimum absolute atomic E-state index is 0.154.